The van der Waals surface area contributed by atoms with Crippen molar-refractivity contribution in [2.45, 2.75) is 11.3 Å². The molecule has 1 fully saturated rings. The number of methoxy groups -OCH3 is 1. The number of ether oxygens (including phenoxy) is 1. The molecule has 18 heavy (non-hydrogen) atoms. The second-order valence-corrected chi connectivity index (χ2v) is 5.38. The molecule has 0 radical (unpaired) electrons. The molecule has 0 aromatic heterocycles. The van der Waals surface area contributed by atoms with Gasteiger partial charge in [-0.15, -0.1) is 11.8 Å². The van der Waals surface area contributed by atoms with E-state index < -0.39 is 0 Å². The van der Waals surface area contributed by atoms with Crippen molar-refractivity contribution < 1.29 is 4.74 Å². The van der Waals surface area contributed by atoms with Gasteiger partial charge >= 0.3 is 0 Å². The van der Waals surface area contributed by atoms with Crippen molar-refractivity contribution in [3.63, 3.8) is 0 Å². The molecule has 1 N–H and O–H groups in total. The molecule has 1 heterocycles. The van der Waals surface area contributed by atoms with Crippen LogP contribution in [0.15, 0.2) is 23.1 Å². The third-order valence-electron chi connectivity index (χ3n) is 3.37. The summed E-state index contributed by atoms with van der Waals surface area (Å²) in [6, 6.07) is 6.52. The van der Waals surface area contributed by atoms with Crippen LogP contribution in [-0.2, 0) is 6.42 Å². The normalized spacial score (nSPS) is 16.8. The third-order valence-corrected chi connectivity index (χ3v) is 4.13. The summed E-state index contributed by atoms with van der Waals surface area (Å²) in [7, 11) is 1.73. The van der Waals surface area contributed by atoms with Crippen LogP contribution in [0.4, 0.5) is 0 Å². The average molecular weight is 266 g/mol. The molecule has 0 spiro atoms. The monoisotopic (exact) mass is 266 g/mol. The Kier molecular flexibility index (Phi) is 5.35. The van der Waals surface area contributed by atoms with E-state index in [-0.39, 0.29) is 0 Å². The van der Waals surface area contributed by atoms with Gasteiger partial charge in [0, 0.05) is 37.6 Å². The predicted molar refractivity (Wildman–Crippen MR) is 77.8 cm³/mol. The summed E-state index contributed by atoms with van der Waals surface area (Å²) in [5, 5.41) is 3.38. The first-order valence-corrected chi connectivity index (χ1v) is 7.70. The second kappa shape index (κ2) is 7.02. The van der Waals surface area contributed by atoms with Gasteiger partial charge in [-0.3, -0.25) is 0 Å². The molecule has 1 aromatic carbocycles. The number of nitrogens with one attached hydrogen (secondary N) is 1. The summed E-state index contributed by atoms with van der Waals surface area (Å²) >= 11 is 1.75. The summed E-state index contributed by atoms with van der Waals surface area (Å²) in [6.45, 7) is 5.75. The average Bonchev–Trinajstić information content (AvgIpc) is 2.45. The molecule has 0 bridgehead atoms. The molecule has 0 atom stereocenters. The minimum absolute atomic E-state index is 0.980. The van der Waals surface area contributed by atoms with Gasteiger partial charge in [-0.2, -0.15) is 0 Å². The Morgan fingerprint density at radius 1 is 1.33 bits per heavy atom. The summed E-state index contributed by atoms with van der Waals surface area (Å²) in [5.74, 6) is 0.980. The van der Waals surface area contributed by atoms with E-state index in [4.69, 9.17) is 4.74 Å². The zero-order valence-corrected chi connectivity index (χ0v) is 12.1. The molecule has 2 rings (SSSR count). The van der Waals surface area contributed by atoms with Crippen molar-refractivity contribution in [1.29, 1.82) is 0 Å². The molecule has 1 aliphatic rings. The van der Waals surface area contributed by atoms with E-state index in [0.29, 0.717) is 0 Å². The Morgan fingerprint density at radius 2 is 2.11 bits per heavy atom. The molecular weight excluding hydrogens is 244 g/mol. The number of thioether (sulfide) groups is 1. The van der Waals surface area contributed by atoms with Crippen LogP contribution in [0.1, 0.15) is 5.56 Å². The molecule has 4 heteroatoms. The summed E-state index contributed by atoms with van der Waals surface area (Å²) < 4.78 is 5.35. The van der Waals surface area contributed by atoms with Crippen LogP contribution < -0.4 is 10.1 Å². The van der Waals surface area contributed by atoms with E-state index in [9.17, 15) is 0 Å². The standard InChI is InChI=1S/C14H22N2OS/c1-17-13-4-3-12(11-14(13)18-2)5-8-16-9-6-15-7-10-16/h3-4,11,15H,5-10H2,1-2H3. The van der Waals surface area contributed by atoms with Gasteiger partial charge in [-0.25, -0.2) is 0 Å². The number of nitrogens with zero attached hydrogens (tertiary/aromatic N) is 1. The van der Waals surface area contributed by atoms with E-state index >= 15 is 0 Å². The van der Waals surface area contributed by atoms with Crippen LogP contribution >= 0.6 is 11.8 Å². The lowest BCUT2D eigenvalue weighted by atomic mass is 10.1. The zero-order valence-electron chi connectivity index (χ0n) is 11.2. The Hall–Kier alpha value is -0.710. The van der Waals surface area contributed by atoms with Gasteiger partial charge in [0.25, 0.3) is 0 Å². The highest BCUT2D eigenvalue weighted by molar-refractivity contribution is 7.98. The fraction of sp³-hybridized carbons (Fsp3) is 0.571. The van der Waals surface area contributed by atoms with Crippen molar-refractivity contribution in [2.75, 3.05) is 46.1 Å². The maximum atomic E-state index is 5.35. The number of piperazine rings is 1. The molecule has 0 unspecified atom stereocenters. The second-order valence-electron chi connectivity index (χ2n) is 4.53. The van der Waals surface area contributed by atoms with Crippen LogP contribution in [0, 0.1) is 0 Å². The fourth-order valence-electron chi connectivity index (χ4n) is 2.26. The van der Waals surface area contributed by atoms with Gasteiger partial charge in [0.05, 0.1) is 7.11 Å². The minimum Gasteiger partial charge on any atom is -0.496 e. The topological polar surface area (TPSA) is 24.5 Å². The van der Waals surface area contributed by atoms with Crippen LogP contribution in [0.2, 0.25) is 0 Å². The Labute approximate surface area is 114 Å². The SMILES string of the molecule is COc1ccc(CCN2CCNCC2)cc1SC. The van der Waals surface area contributed by atoms with Crippen molar-refractivity contribution >= 4 is 11.8 Å². The molecule has 0 amide bonds. The first-order valence-electron chi connectivity index (χ1n) is 6.47. The predicted octanol–water partition coefficient (Wildman–Crippen LogP) is 1.86. The van der Waals surface area contributed by atoms with Gasteiger partial charge in [0.15, 0.2) is 0 Å². The summed E-state index contributed by atoms with van der Waals surface area (Å²) in [6.07, 6.45) is 3.22. The lowest BCUT2D eigenvalue weighted by Gasteiger charge is -2.27. The van der Waals surface area contributed by atoms with Crippen molar-refractivity contribution in [1.82, 2.24) is 10.2 Å². The third kappa shape index (κ3) is 3.64. The van der Waals surface area contributed by atoms with Crippen LogP contribution in [0.5, 0.6) is 5.75 Å². The Balaban J connectivity index is 1.92. The van der Waals surface area contributed by atoms with Gasteiger partial charge < -0.3 is 15.0 Å². The molecule has 100 valence electrons. The Morgan fingerprint density at radius 3 is 2.78 bits per heavy atom. The summed E-state index contributed by atoms with van der Waals surface area (Å²) in [4.78, 5) is 3.76. The first kappa shape index (κ1) is 13.7. The van der Waals surface area contributed by atoms with Crippen LogP contribution in [-0.4, -0.2) is 51.0 Å². The number of benzene rings is 1. The molecule has 3 nitrogen and oxygen atoms in total. The maximum Gasteiger partial charge on any atom is 0.132 e. The first-order chi connectivity index (χ1) is 8.83. The highest BCUT2D eigenvalue weighted by Crippen LogP contribution is 2.28. The van der Waals surface area contributed by atoms with Gasteiger partial charge in [0.2, 0.25) is 0 Å². The quantitative estimate of drug-likeness (QED) is 0.822. The largest absolute Gasteiger partial charge is 0.496 e. The molecular formula is C14H22N2OS. The van der Waals surface area contributed by atoms with E-state index in [2.05, 4.69) is 34.7 Å². The molecule has 1 aromatic rings. The molecule has 1 aliphatic heterocycles. The minimum atomic E-state index is 0.980. The lowest BCUT2D eigenvalue weighted by Crippen LogP contribution is -2.44. The van der Waals surface area contributed by atoms with E-state index in [0.717, 1.165) is 31.8 Å². The molecule has 0 saturated carbocycles. The Bertz CT molecular complexity index is 378. The van der Waals surface area contributed by atoms with Gasteiger partial charge in [0.1, 0.15) is 5.75 Å². The number of hydrogen-bond donors (Lipinski definition) is 1. The molecule has 0 aliphatic carbocycles. The zero-order chi connectivity index (χ0) is 12.8. The highest BCUT2D eigenvalue weighted by atomic mass is 32.2. The van der Waals surface area contributed by atoms with E-state index in [1.54, 1.807) is 18.9 Å². The van der Waals surface area contributed by atoms with Crippen molar-refractivity contribution in [3.05, 3.63) is 23.8 Å². The lowest BCUT2D eigenvalue weighted by molar-refractivity contribution is 0.244. The van der Waals surface area contributed by atoms with Gasteiger partial charge in [-0.05, 0) is 30.4 Å². The number of rotatable bonds is 5. The fourth-order valence-corrected chi connectivity index (χ4v) is 2.88. The molecule has 1 saturated heterocycles. The maximum absolute atomic E-state index is 5.35. The van der Waals surface area contributed by atoms with Crippen molar-refractivity contribution in [3.8, 4) is 5.75 Å². The van der Waals surface area contributed by atoms with Crippen molar-refractivity contribution in [2.24, 2.45) is 0 Å². The van der Waals surface area contributed by atoms with Crippen LogP contribution in [0.25, 0.3) is 0 Å². The van der Waals surface area contributed by atoms with Gasteiger partial charge in [-0.1, -0.05) is 6.07 Å². The van der Waals surface area contributed by atoms with Crippen LogP contribution in [0.3, 0.4) is 0 Å². The highest BCUT2D eigenvalue weighted by Gasteiger charge is 2.09. The number of hydrogen-bond acceptors (Lipinski definition) is 4. The smallest absolute Gasteiger partial charge is 0.132 e. The summed E-state index contributed by atoms with van der Waals surface area (Å²) in [5.41, 5.74) is 1.40. The van der Waals surface area contributed by atoms with E-state index in [1.165, 1.54) is 23.5 Å². The van der Waals surface area contributed by atoms with E-state index in [1.807, 2.05) is 0 Å².